The molecule has 1 atom stereocenters. The molecule has 1 unspecified atom stereocenters. The second kappa shape index (κ2) is 5.46. The molecule has 0 fully saturated rings. The van der Waals surface area contributed by atoms with E-state index in [4.69, 9.17) is 4.74 Å². The normalized spacial score (nSPS) is 13.1. The predicted octanol–water partition coefficient (Wildman–Crippen LogP) is 2.29. The topological polar surface area (TPSA) is 39.9 Å². The van der Waals surface area contributed by atoms with Crippen molar-refractivity contribution in [3.63, 3.8) is 0 Å². The van der Waals surface area contributed by atoms with Crippen molar-refractivity contribution in [1.82, 2.24) is 14.8 Å². The smallest absolute Gasteiger partial charge is 0.161 e. The Labute approximate surface area is 92.8 Å². The van der Waals surface area contributed by atoms with Crippen LogP contribution in [0.3, 0.4) is 0 Å². The van der Waals surface area contributed by atoms with Gasteiger partial charge in [-0.1, -0.05) is 22.9 Å². The van der Waals surface area contributed by atoms with Crippen molar-refractivity contribution in [2.24, 2.45) is 0 Å². The lowest BCUT2D eigenvalue weighted by atomic mass is 10.3. The van der Waals surface area contributed by atoms with Gasteiger partial charge in [0.2, 0.25) is 0 Å². The molecular formula is C9H16BrN3O. The molecule has 1 rings (SSSR count). The van der Waals surface area contributed by atoms with Crippen LogP contribution in [-0.4, -0.2) is 21.9 Å². The molecule has 14 heavy (non-hydrogen) atoms. The van der Waals surface area contributed by atoms with Gasteiger partial charge < -0.3 is 9.30 Å². The monoisotopic (exact) mass is 261 g/mol. The average molecular weight is 262 g/mol. The van der Waals surface area contributed by atoms with Gasteiger partial charge in [-0.2, -0.15) is 0 Å². The largest absolute Gasteiger partial charge is 0.374 e. The van der Waals surface area contributed by atoms with Gasteiger partial charge >= 0.3 is 0 Å². The molecule has 0 amide bonds. The molecule has 0 aromatic carbocycles. The SMILES string of the molecule is CCCn1c(CBr)nnc1C(C)OC. The fraction of sp³-hybridized carbons (Fsp3) is 0.778. The van der Waals surface area contributed by atoms with Crippen molar-refractivity contribution in [1.29, 1.82) is 0 Å². The van der Waals surface area contributed by atoms with E-state index in [-0.39, 0.29) is 6.10 Å². The zero-order valence-corrected chi connectivity index (χ0v) is 10.4. The number of aromatic nitrogens is 3. The quantitative estimate of drug-likeness (QED) is 0.764. The third kappa shape index (κ3) is 2.33. The van der Waals surface area contributed by atoms with E-state index < -0.39 is 0 Å². The fourth-order valence-electron chi connectivity index (χ4n) is 1.32. The van der Waals surface area contributed by atoms with E-state index in [2.05, 4.69) is 37.6 Å². The summed E-state index contributed by atoms with van der Waals surface area (Å²) in [4.78, 5) is 0. The standard InChI is InChI=1S/C9H16BrN3O/c1-4-5-13-8(6-10)11-12-9(13)7(2)14-3/h7H,4-6H2,1-3H3. The minimum absolute atomic E-state index is 0.00171. The first-order chi connectivity index (χ1) is 6.74. The number of nitrogens with zero attached hydrogens (tertiary/aromatic N) is 3. The molecule has 0 bridgehead atoms. The lowest BCUT2D eigenvalue weighted by Gasteiger charge is -2.11. The zero-order chi connectivity index (χ0) is 10.6. The van der Waals surface area contributed by atoms with Crippen molar-refractivity contribution in [3.8, 4) is 0 Å². The second-order valence-corrected chi connectivity index (χ2v) is 3.70. The number of rotatable bonds is 5. The lowest BCUT2D eigenvalue weighted by Crippen LogP contribution is -2.10. The maximum absolute atomic E-state index is 5.24. The number of ether oxygens (including phenoxy) is 1. The van der Waals surface area contributed by atoms with Crippen molar-refractivity contribution in [2.45, 2.75) is 38.2 Å². The second-order valence-electron chi connectivity index (χ2n) is 3.14. The molecule has 0 aliphatic heterocycles. The summed E-state index contributed by atoms with van der Waals surface area (Å²) in [6.45, 7) is 5.06. The molecule has 0 aliphatic carbocycles. The van der Waals surface area contributed by atoms with Gasteiger partial charge in [0.1, 0.15) is 11.9 Å². The summed E-state index contributed by atoms with van der Waals surface area (Å²) in [7, 11) is 1.68. The first-order valence-electron chi connectivity index (χ1n) is 4.75. The number of hydrogen-bond donors (Lipinski definition) is 0. The van der Waals surface area contributed by atoms with Crippen LogP contribution in [0.25, 0.3) is 0 Å². The first-order valence-corrected chi connectivity index (χ1v) is 5.87. The minimum Gasteiger partial charge on any atom is -0.374 e. The van der Waals surface area contributed by atoms with Crippen LogP contribution in [0.2, 0.25) is 0 Å². The summed E-state index contributed by atoms with van der Waals surface area (Å²) >= 11 is 3.40. The first kappa shape index (κ1) is 11.7. The molecule has 1 heterocycles. The van der Waals surface area contributed by atoms with Crippen LogP contribution < -0.4 is 0 Å². The van der Waals surface area contributed by atoms with Gasteiger partial charge in [-0.05, 0) is 13.3 Å². The van der Waals surface area contributed by atoms with Crippen LogP contribution >= 0.6 is 15.9 Å². The Kier molecular flexibility index (Phi) is 4.54. The van der Waals surface area contributed by atoms with E-state index in [1.807, 2.05) is 6.92 Å². The highest BCUT2D eigenvalue weighted by Gasteiger charge is 2.15. The Morgan fingerprint density at radius 2 is 2.21 bits per heavy atom. The van der Waals surface area contributed by atoms with Crippen LogP contribution in [-0.2, 0) is 16.6 Å². The number of methoxy groups -OCH3 is 1. The van der Waals surface area contributed by atoms with Crippen LogP contribution in [0.4, 0.5) is 0 Å². The molecule has 1 aromatic heterocycles. The maximum atomic E-state index is 5.24. The lowest BCUT2D eigenvalue weighted by molar-refractivity contribution is 0.108. The fourth-order valence-corrected chi connectivity index (χ4v) is 1.74. The predicted molar refractivity (Wildman–Crippen MR) is 58.4 cm³/mol. The molecule has 5 heteroatoms. The molecule has 0 saturated carbocycles. The molecule has 0 saturated heterocycles. The van der Waals surface area contributed by atoms with E-state index in [9.17, 15) is 0 Å². The van der Waals surface area contributed by atoms with Gasteiger partial charge in [0.15, 0.2) is 5.82 Å². The molecule has 0 radical (unpaired) electrons. The van der Waals surface area contributed by atoms with E-state index in [1.165, 1.54) is 0 Å². The molecule has 0 N–H and O–H groups in total. The van der Waals surface area contributed by atoms with Crippen molar-refractivity contribution in [3.05, 3.63) is 11.6 Å². The maximum Gasteiger partial charge on any atom is 0.161 e. The van der Waals surface area contributed by atoms with Gasteiger partial charge in [-0.15, -0.1) is 10.2 Å². The summed E-state index contributed by atoms with van der Waals surface area (Å²) < 4.78 is 7.36. The summed E-state index contributed by atoms with van der Waals surface area (Å²) in [6, 6.07) is 0. The van der Waals surface area contributed by atoms with Crippen molar-refractivity contribution in [2.75, 3.05) is 7.11 Å². The Morgan fingerprint density at radius 1 is 1.50 bits per heavy atom. The van der Waals surface area contributed by atoms with E-state index in [0.717, 1.165) is 29.9 Å². The van der Waals surface area contributed by atoms with E-state index in [1.54, 1.807) is 7.11 Å². The van der Waals surface area contributed by atoms with Crippen LogP contribution in [0.1, 0.15) is 38.0 Å². The molecule has 1 aromatic rings. The number of alkyl halides is 1. The van der Waals surface area contributed by atoms with Crippen LogP contribution in [0, 0.1) is 0 Å². The number of halogens is 1. The molecule has 80 valence electrons. The summed E-state index contributed by atoms with van der Waals surface area (Å²) in [5, 5.41) is 8.98. The minimum atomic E-state index is 0.00171. The highest BCUT2D eigenvalue weighted by Crippen LogP contribution is 2.16. The Balaban J connectivity index is 2.97. The zero-order valence-electron chi connectivity index (χ0n) is 8.83. The van der Waals surface area contributed by atoms with Gasteiger partial charge in [0, 0.05) is 13.7 Å². The average Bonchev–Trinajstić information content (AvgIpc) is 2.60. The summed E-state index contributed by atoms with van der Waals surface area (Å²) in [5.41, 5.74) is 0. The Hall–Kier alpha value is -0.420. The van der Waals surface area contributed by atoms with Gasteiger partial charge in [0.05, 0.1) is 5.33 Å². The highest BCUT2D eigenvalue weighted by atomic mass is 79.9. The summed E-state index contributed by atoms with van der Waals surface area (Å²) in [5.74, 6) is 1.87. The van der Waals surface area contributed by atoms with Gasteiger partial charge in [0.25, 0.3) is 0 Å². The van der Waals surface area contributed by atoms with Crippen molar-refractivity contribution >= 4 is 15.9 Å². The Bertz CT molecular complexity index is 288. The van der Waals surface area contributed by atoms with Gasteiger partial charge in [-0.25, -0.2) is 0 Å². The molecule has 0 aliphatic rings. The van der Waals surface area contributed by atoms with Crippen LogP contribution in [0.15, 0.2) is 0 Å². The number of hydrogen-bond acceptors (Lipinski definition) is 3. The van der Waals surface area contributed by atoms with E-state index >= 15 is 0 Å². The van der Waals surface area contributed by atoms with Crippen LogP contribution in [0.5, 0.6) is 0 Å². The summed E-state index contributed by atoms with van der Waals surface area (Å²) in [6.07, 6.45) is 1.07. The molecule has 0 spiro atoms. The third-order valence-electron chi connectivity index (χ3n) is 2.14. The Morgan fingerprint density at radius 3 is 2.71 bits per heavy atom. The third-order valence-corrected chi connectivity index (χ3v) is 2.64. The van der Waals surface area contributed by atoms with Gasteiger partial charge in [-0.3, -0.25) is 0 Å². The highest BCUT2D eigenvalue weighted by molar-refractivity contribution is 9.08. The molecule has 4 nitrogen and oxygen atoms in total. The van der Waals surface area contributed by atoms with Crippen molar-refractivity contribution < 1.29 is 4.74 Å². The molecular weight excluding hydrogens is 246 g/mol. The van der Waals surface area contributed by atoms with E-state index in [0.29, 0.717) is 0 Å².